The number of hydrogen-bond donors (Lipinski definition) is 2. The molecule has 7 heteroatoms. The molecule has 0 aliphatic carbocycles. The summed E-state index contributed by atoms with van der Waals surface area (Å²) in [6.07, 6.45) is 3.52. The second-order valence-corrected chi connectivity index (χ2v) is 6.82. The average Bonchev–Trinajstić information content (AvgIpc) is 3.27. The van der Waals surface area contributed by atoms with E-state index in [0.717, 1.165) is 17.7 Å². The molecular weight excluding hydrogens is 381 g/mol. The summed E-state index contributed by atoms with van der Waals surface area (Å²) in [6.45, 7) is 4.54. The van der Waals surface area contributed by atoms with Crippen LogP contribution in [-0.4, -0.2) is 35.9 Å². The summed E-state index contributed by atoms with van der Waals surface area (Å²) in [7, 11) is 1.64. The van der Waals surface area contributed by atoms with Crippen LogP contribution in [0.3, 0.4) is 0 Å². The van der Waals surface area contributed by atoms with Crippen molar-refractivity contribution < 1.29 is 9.13 Å². The molecule has 2 N–H and O–H groups in total. The fourth-order valence-corrected chi connectivity index (χ4v) is 3.14. The zero-order valence-corrected chi connectivity index (χ0v) is 17.4. The van der Waals surface area contributed by atoms with E-state index in [1.807, 2.05) is 36.0 Å². The molecule has 0 saturated carbocycles. The van der Waals surface area contributed by atoms with Gasteiger partial charge in [0.15, 0.2) is 5.96 Å². The Balaban J connectivity index is 1.66. The maximum absolute atomic E-state index is 13.2. The van der Waals surface area contributed by atoms with E-state index in [1.165, 1.54) is 17.7 Å². The van der Waals surface area contributed by atoms with Crippen molar-refractivity contribution in [1.29, 1.82) is 0 Å². The lowest BCUT2D eigenvalue weighted by Crippen LogP contribution is -2.39. The van der Waals surface area contributed by atoms with Crippen LogP contribution >= 0.6 is 0 Å². The van der Waals surface area contributed by atoms with Crippen LogP contribution in [0.4, 0.5) is 4.39 Å². The van der Waals surface area contributed by atoms with Gasteiger partial charge in [-0.2, -0.15) is 5.10 Å². The minimum Gasteiger partial charge on any atom is -0.375 e. The van der Waals surface area contributed by atoms with E-state index in [0.29, 0.717) is 25.6 Å². The Morgan fingerprint density at radius 1 is 1.10 bits per heavy atom. The molecule has 1 unspecified atom stereocenters. The molecule has 0 radical (unpaired) electrons. The van der Waals surface area contributed by atoms with Gasteiger partial charge in [-0.1, -0.05) is 36.4 Å². The highest BCUT2D eigenvalue weighted by Crippen LogP contribution is 2.16. The molecule has 0 spiro atoms. The van der Waals surface area contributed by atoms with Gasteiger partial charge in [0.25, 0.3) is 0 Å². The third-order valence-electron chi connectivity index (χ3n) is 4.74. The minimum atomic E-state index is -0.259. The number of nitrogens with one attached hydrogen (secondary N) is 2. The molecule has 158 valence electrons. The van der Waals surface area contributed by atoms with Crippen molar-refractivity contribution in [3.63, 3.8) is 0 Å². The van der Waals surface area contributed by atoms with Crippen molar-refractivity contribution in [1.82, 2.24) is 20.4 Å². The molecule has 1 atom stereocenters. The van der Waals surface area contributed by atoms with Crippen LogP contribution in [0, 0.1) is 5.82 Å². The second kappa shape index (κ2) is 11.1. The molecule has 3 rings (SSSR count). The molecule has 6 nitrogen and oxygen atoms in total. The number of ether oxygens (including phenoxy) is 1. The largest absolute Gasteiger partial charge is 0.375 e. The number of hydrogen-bond acceptors (Lipinski definition) is 3. The van der Waals surface area contributed by atoms with Crippen molar-refractivity contribution in [2.24, 2.45) is 4.99 Å². The van der Waals surface area contributed by atoms with Gasteiger partial charge in [-0.05, 0) is 41.8 Å². The van der Waals surface area contributed by atoms with Crippen LogP contribution in [0.15, 0.2) is 72.0 Å². The van der Waals surface area contributed by atoms with E-state index in [-0.39, 0.29) is 11.9 Å². The Morgan fingerprint density at radius 3 is 2.53 bits per heavy atom. The van der Waals surface area contributed by atoms with Crippen LogP contribution in [0.25, 0.3) is 0 Å². The van der Waals surface area contributed by atoms with Crippen molar-refractivity contribution in [3.8, 4) is 0 Å². The summed E-state index contributed by atoms with van der Waals surface area (Å²) in [5.74, 6) is 0.445. The van der Waals surface area contributed by atoms with Gasteiger partial charge in [0.05, 0.1) is 19.2 Å². The quantitative estimate of drug-likeness (QED) is 0.419. The Labute approximate surface area is 176 Å². The molecule has 2 aromatic carbocycles. The van der Waals surface area contributed by atoms with E-state index in [1.54, 1.807) is 25.4 Å². The zero-order valence-electron chi connectivity index (χ0n) is 17.4. The maximum atomic E-state index is 13.2. The molecular formula is C23H28FN5O. The van der Waals surface area contributed by atoms with Gasteiger partial charge in [0.1, 0.15) is 5.82 Å². The Kier molecular flexibility index (Phi) is 7.97. The van der Waals surface area contributed by atoms with E-state index < -0.39 is 0 Å². The highest BCUT2D eigenvalue weighted by Gasteiger charge is 2.12. The third kappa shape index (κ3) is 6.15. The standard InChI is InChI=1S/C23H28FN5O/c1-3-25-23(27-16-22(30-2)18-9-11-21(24)12-10-18)26-15-19-7-4-5-8-20(19)17-29-14-6-13-28-29/h4-14,22H,3,15-17H2,1-2H3,(H2,25,26,27). The van der Waals surface area contributed by atoms with Crippen LogP contribution in [0.2, 0.25) is 0 Å². The summed E-state index contributed by atoms with van der Waals surface area (Å²) < 4.78 is 20.7. The predicted molar refractivity (Wildman–Crippen MR) is 117 cm³/mol. The highest BCUT2D eigenvalue weighted by molar-refractivity contribution is 5.79. The highest BCUT2D eigenvalue weighted by atomic mass is 19.1. The fourth-order valence-electron chi connectivity index (χ4n) is 3.14. The van der Waals surface area contributed by atoms with Gasteiger partial charge in [0.2, 0.25) is 0 Å². The number of guanidine groups is 1. The molecule has 3 aromatic rings. The maximum Gasteiger partial charge on any atom is 0.191 e. The van der Waals surface area contributed by atoms with Crippen molar-refractivity contribution in [2.75, 3.05) is 20.2 Å². The molecule has 1 aromatic heterocycles. The first-order chi connectivity index (χ1) is 14.7. The van der Waals surface area contributed by atoms with E-state index in [4.69, 9.17) is 9.73 Å². The smallest absolute Gasteiger partial charge is 0.191 e. The lowest BCUT2D eigenvalue weighted by molar-refractivity contribution is 0.106. The summed E-state index contributed by atoms with van der Waals surface area (Å²) in [5.41, 5.74) is 3.24. The Hall–Kier alpha value is -3.19. The number of aromatic nitrogens is 2. The normalized spacial score (nSPS) is 12.6. The predicted octanol–water partition coefficient (Wildman–Crippen LogP) is 3.51. The number of methoxy groups -OCH3 is 1. The van der Waals surface area contributed by atoms with Gasteiger partial charge in [-0.15, -0.1) is 0 Å². The van der Waals surface area contributed by atoms with Crippen LogP contribution in [-0.2, 0) is 17.8 Å². The molecule has 0 amide bonds. The summed E-state index contributed by atoms with van der Waals surface area (Å²) in [5, 5.41) is 10.9. The van der Waals surface area contributed by atoms with Crippen LogP contribution in [0.5, 0.6) is 0 Å². The first kappa shape index (κ1) is 21.5. The molecule has 1 heterocycles. The van der Waals surface area contributed by atoms with Crippen LogP contribution < -0.4 is 10.6 Å². The number of nitrogens with zero attached hydrogens (tertiary/aromatic N) is 3. The molecule has 0 bridgehead atoms. The number of aliphatic imine (C=N–C) groups is 1. The summed E-state index contributed by atoms with van der Waals surface area (Å²) in [6, 6.07) is 16.5. The lowest BCUT2D eigenvalue weighted by atomic mass is 10.1. The Bertz CT molecular complexity index is 925. The summed E-state index contributed by atoms with van der Waals surface area (Å²) >= 11 is 0. The van der Waals surface area contributed by atoms with Crippen molar-refractivity contribution in [2.45, 2.75) is 26.1 Å². The van der Waals surface area contributed by atoms with Crippen LogP contribution in [0.1, 0.15) is 29.7 Å². The van der Waals surface area contributed by atoms with Gasteiger partial charge >= 0.3 is 0 Å². The fraction of sp³-hybridized carbons (Fsp3) is 0.304. The van der Waals surface area contributed by atoms with Gasteiger partial charge in [-0.3, -0.25) is 4.68 Å². The molecule has 0 fully saturated rings. The molecule has 0 saturated heterocycles. The second-order valence-electron chi connectivity index (χ2n) is 6.82. The topological polar surface area (TPSA) is 63.5 Å². The molecule has 0 aliphatic heterocycles. The third-order valence-corrected chi connectivity index (χ3v) is 4.74. The molecule has 0 aliphatic rings. The first-order valence-corrected chi connectivity index (χ1v) is 10.0. The Morgan fingerprint density at radius 2 is 1.87 bits per heavy atom. The number of halogens is 1. The van der Waals surface area contributed by atoms with E-state index in [2.05, 4.69) is 27.9 Å². The monoisotopic (exact) mass is 409 g/mol. The SMILES string of the molecule is CCNC(=NCc1ccccc1Cn1cccn1)NCC(OC)c1ccc(F)cc1. The number of rotatable bonds is 9. The first-order valence-electron chi connectivity index (χ1n) is 10.0. The van der Waals surface area contributed by atoms with Crippen molar-refractivity contribution in [3.05, 3.63) is 89.5 Å². The van der Waals surface area contributed by atoms with Gasteiger partial charge in [-0.25, -0.2) is 9.38 Å². The average molecular weight is 410 g/mol. The van der Waals surface area contributed by atoms with Gasteiger partial charge < -0.3 is 15.4 Å². The van der Waals surface area contributed by atoms with Gasteiger partial charge in [0, 0.05) is 32.6 Å². The summed E-state index contributed by atoms with van der Waals surface area (Å²) in [4.78, 5) is 4.74. The minimum absolute atomic E-state index is 0.207. The van der Waals surface area contributed by atoms with Crippen molar-refractivity contribution >= 4 is 5.96 Å². The zero-order chi connectivity index (χ0) is 21.2. The lowest BCUT2D eigenvalue weighted by Gasteiger charge is -2.19. The molecule has 30 heavy (non-hydrogen) atoms. The van der Waals surface area contributed by atoms with E-state index in [9.17, 15) is 4.39 Å². The van der Waals surface area contributed by atoms with E-state index >= 15 is 0 Å². The number of benzene rings is 2.